The third-order valence-corrected chi connectivity index (χ3v) is 2.14. The van der Waals surface area contributed by atoms with Crippen LogP contribution in [0.25, 0.3) is 0 Å². The van der Waals surface area contributed by atoms with Crippen LogP contribution < -0.4 is 11.3 Å². The summed E-state index contributed by atoms with van der Waals surface area (Å²) in [6.07, 6.45) is 3.48. The van der Waals surface area contributed by atoms with E-state index in [-0.39, 0.29) is 0 Å². The zero-order valence-electron chi connectivity index (χ0n) is 8.23. The van der Waals surface area contributed by atoms with E-state index in [0.717, 1.165) is 19.3 Å². The molecule has 1 atom stereocenters. The third-order valence-electron chi connectivity index (χ3n) is 2.14. The molecule has 0 aromatic rings. The van der Waals surface area contributed by atoms with Gasteiger partial charge in [-0.2, -0.15) is 0 Å². The van der Waals surface area contributed by atoms with Crippen LogP contribution in [0.4, 0.5) is 8.78 Å². The van der Waals surface area contributed by atoms with E-state index < -0.39 is 12.5 Å². The number of alkyl halides is 2. The summed E-state index contributed by atoms with van der Waals surface area (Å²) in [7, 11) is 0. The normalized spacial score (nSPS) is 13.6. The first kappa shape index (κ1) is 12.8. The average molecular weight is 194 g/mol. The van der Waals surface area contributed by atoms with Crippen LogP contribution in [0, 0.1) is 0 Å². The molecule has 0 aliphatic carbocycles. The molecule has 2 nitrogen and oxygen atoms in total. The van der Waals surface area contributed by atoms with Gasteiger partial charge in [-0.05, 0) is 6.42 Å². The lowest BCUT2D eigenvalue weighted by Gasteiger charge is -2.13. The SMILES string of the molecule is CCCCCCCC(NN)C(F)F. The Labute approximate surface area is 78.8 Å². The first-order valence-electron chi connectivity index (χ1n) is 4.96. The predicted octanol–water partition coefficient (Wildman–Crippen LogP) is 2.44. The highest BCUT2D eigenvalue weighted by Crippen LogP contribution is 2.11. The molecule has 4 heteroatoms. The number of unbranched alkanes of at least 4 members (excludes halogenated alkanes) is 4. The van der Waals surface area contributed by atoms with Crippen molar-refractivity contribution in [2.75, 3.05) is 0 Å². The van der Waals surface area contributed by atoms with Gasteiger partial charge >= 0.3 is 0 Å². The fourth-order valence-corrected chi connectivity index (χ4v) is 1.25. The quantitative estimate of drug-likeness (QED) is 0.354. The maximum Gasteiger partial charge on any atom is 0.255 e. The molecule has 0 aliphatic rings. The highest BCUT2D eigenvalue weighted by atomic mass is 19.3. The van der Waals surface area contributed by atoms with Crippen molar-refractivity contribution in [1.82, 2.24) is 5.43 Å². The molecule has 0 saturated heterocycles. The van der Waals surface area contributed by atoms with E-state index in [4.69, 9.17) is 5.84 Å². The van der Waals surface area contributed by atoms with Crippen molar-refractivity contribution in [2.24, 2.45) is 5.84 Å². The Morgan fingerprint density at radius 1 is 1.15 bits per heavy atom. The van der Waals surface area contributed by atoms with Crippen molar-refractivity contribution in [3.05, 3.63) is 0 Å². The Balaban J connectivity index is 3.28. The van der Waals surface area contributed by atoms with Crippen LogP contribution in [0.5, 0.6) is 0 Å². The van der Waals surface area contributed by atoms with Gasteiger partial charge in [-0.15, -0.1) is 0 Å². The second kappa shape index (κ2) is 8.38. The largest absolute Gasteiger partial charge is 0.271 e. The third kappa shape index (κ3) is 6.90. The molecule has 0 heterocycles. The molecule has 3 N–H and O–H groups in total. The molecule has 0 bridgehead atoms. The monoisotopic (exact) mass is 194 g/mol. The highest BCUT2D eigenvalue weighted by Gasteiger charge is 2.17. The summed E-state index contributed by atoms with van der Waals surface area (Å²) in [5.74, 6) is 4.98. The molecule has 1 unspecified atom stereocenters. The number of halogens is 2. The zero-order valence-corrected chi connectivity index (χ0v) is 8.23. The van der Waals surface area contributed by atoms with Crippen molar-refractivity contribution in [3.63, 3.8) is 0 Å². The van der Waals surface area contributed by atoms with Gasteiger partial charge < -0.3 is 0 Å². The number of hydrazine groups is 1. The molecular formula is C9H20F2N2. The van der Waals surface area contributed by atoms with Crippen LogP contribution in [0.2, 0.25) is 0 Å². The van der Waals surface area contributed by atoms with E-state index in [2.05, 4.69) is 12.3 Å². The van der Waals surface area contributed by atoms with Gasteiger partial charge in [0.05, 0.1) is 6.04 Å². The van der Waals surface area contributed by atoms with Crippen molar-refractivity contribution < 1.29 is 8.78 Å². The molecule has 0 spiro atoms. The van der Waals surface area contributed by atoms with E-state index >= 15 is 0 Å². The molecule has 0 fully saturated rings. The number of nitrogens with two attached hydrogens (primary N) is 1. The fraction of sp³-hybridized carbons (Fsp3) is 1.00. The minimum Gasteiger partial charge on any atom is -0.271 e. The first-order chi connectivity index (χ1) is 6.22. The van der Waals surface area contributed by atoms with Gasteiger partial charge in [0, 0.05) is 0 Å². The van der Waals surface area contributed by atoms with E-state index in [1.807, 2.05) is 0 Å². The molecule has 80 valence electrons. The smallest absolute Gasteiger partial charge is 0.255 e. The Morgan fingerprint density at radius 2 is 1.77 bits per heavy atom. The Morgan fingerprint density at radius 3 is 2.23 bits per heavy atom. The molecule has 0 radical (unpaired) electrons. The molecule has 0 rings (SSSR count). The van der Waals surface area contributed by atoms with Crippen LogP contribution in [0.3, 0.4) is 0 Å². The van der Waals surface area contributed by atoms with E-state index in [1.165, 1.54) is 12.8 Å². The molecule has 0 aromatic heterocycles. The topological polar surface area (TPSA) is 38.0 Å². The Hall–Kier alpha value is -0.220. The van der Waals surface area contributed by atoms with Gasteiger partial charge in [0.25, 0.3) is 6.43 Å². The summed E-state index contributed by atoms with van der Waals surface area (Å²) >= 11 is 0. The van der Waals surface area contributed by atoms with Gasteiger partial charge in [-0.3, -0.25) is 11.3 Å². The van der Waals surface area contributed by atoms with Crippen LogP contribution in [-0.2, 0) is 0 Å². The standard InChI is InChI=1S/C9H20F2N2/c1-2-3-4-5-6-7-8(13-12)9(10)11/h8-9,13H,2-7,12H2,1H3. The second-order valence-electron chi connectivity index (χ2n) is 3.31. The second-order valence-corrected chi connectivity index (χ2v) is 3.31. The Bertz CT molecular complexity index is 110. The minimum absolute atomic E-state index is 0.470. The first-order valence-corrected chi connectivity index (χ1v) is 4.96. The van der Waals surface area contributed by atoms with E-state index in [1.54, 1.807) is 0 Å². The van der Waals surface area contributed by atoms with E-state index in [9.17, 15) is 8.78 Å². The van der Waals surface area contributed by atoms with Crippen molar-refractivity contribution in [2.45, 2.75) is 57.9 Å². The number of rotatable bonds is 8. The predicted molar refractivity (Wildman–Crippen MR) is 50.5 cm³/mol. The van der Waals surface area contributed by atoms with Crippen LogP contribution in [0.1, 0.15) is 45.4 Å². The lowest BCUT2D eigenvalue weighted by Crippen LogP contribution is -2.40. The van der Waals surface area contributed by atoms with Gasteiger partial charge in [-0.25, -0.2) is 8.78 Å². The summed E-state index contributed by atoms with van der Waals surface area (Å²) in [6, 6.07) is -0.832. The summed E-state index contributed by atoms with van der Waals surface area (Å²) < 4.78 is 24.3. The molecule has 0 aromatic carbocycles. The van der Waals surface area contributed by atoms with Gasteiger partial charge in [0.1, 0.15) is 0 Å². The Kier molecular flexibility index (Phi) is 8.24. The summed E-state index contributed by atoms with van der Waals surface area (Å²) in [6.45, 7) is 2.13. The molecule has 13 heavy (non-hydrogen) atoms. The summed E-state index contributed by atoms with van der Waals surface area (Å²) in [5, 5.41) is 0. The van der Waals surface area contributed by atoms with Crippen molar-refractivity contribution in [3.8, 4) is 0 Å². The molecule has 0 aliphatic heterocycles. The van der Waals surface area contributed by atoms with Gasteiger partial charge in [0.2, 0.25) is 0 Å². The van der Waals surface area contributed by atoms with Crippen LogP contribution >= 0.6 is 0 Å². The van der Waals surface area contributed by atoms with E-state index in [0.29, 0.717) is 6.42 Å². The maximum absolute atomic E-state index is 12.1. The fourth-order valence-electron chi connectivity index (χ4n) is 1.25. The molecule has 0 saturated carbocycles. The van der Waals surface area contributed by atoms with Gasteiger partial charge in [-0.1, -0.05) is 39.0 Å². The van der Waals surface area contributed by atoms with Crippen LogP contribution in [0.15, 0.2) is 0 Å². The summed E-state index contributed by atoms with van der Waals surface area (Å²) in [5.41, 5.74) is 2.14. The molecular weight excluding hydrogens is 174 g/mol. The van der Waals surface area contributed by atoms with Crippen LogP contribution in [-0.4, -0.2) is 12.5 Å². The highest BCUT2D eigenvalue weighted by molar-refractivity contribution is 4.65. The van der Waals surface area contributed by atoms with Crippen molar-refractivity contribution in [1.29, 1.82) is 0 Å². The van der Waals surface area contributed by atoms with Gasteiger partial charge in [0.15, 0.2) is 0 Å². The summed E-state index contributed by atoms with van der Waals surface area (Å²) in [4.78, 5) is 0. The van der Waals surface area contributed by atoms with Crippen molar-refractivity contribution >= 4 is 0 Å². The maximum atomic E-state index is 12.1. The minimum atomic E-state index is -2.35. The average Bonchev–Trinajstić information content (AvgIpc) is 2.10. The number of hydrogen-bond acceptors (Lipinski definition) is 2. The lowest BCUT2D eigenvalue weighted by molar-refractivity contribution is 0.0929. The zero-order chi connectivity index (χ0) is 10.1. The number of hydrogen-bond donors (Lipinski definition) is 2. The lowest BCUT2D eigenvalue weighted by atomic mass is 10.1. The number of nitrogens with one attached hydrogen (secondary N) is 1. The molecule has 0 amide bonds.